The van der Waals surface area contributed by atoms with Crippen molar-refractivity contribution < 1.29 is 37.8 Å². The lowest BCUT2D eigenvalue weighted by Crippen LogP contribution is -2.62. The Hall–Kier alpha value is -1.87. The van der Waals surface area contributed by atoms with Crippen LogP contribution < -0.4 is 0 Å². The number of rotatable bonds is 20. The number of hydrogen-bond donors (Lipinski definition) is 0. The third-order valence-electron chi connectivity index (χ3n) is 13.4. The number of allylic oxidation sites excluding steroid dienone is 4. The van der Waals surface area contributed by atoms with E-state index in [2.05, 4.69) is 40.7 Å². The van der Waals surface area contributed by atoms with E-state index in [1.807, 2.05) is 26.0 Å². The average Bonchev–Trinajstić information content (AvgIpc) is 3.06. The van der Waals surface area contributed by atoms with Gasteiger partial charge < -0.3 is 28.3 Å². The largest absolute Gasteiger partial charge is 0.457 e. The fourth-order valence-electron chi connectivity index (χ4n) is 10.7. The molecule has 0 radical (unpaired) electrons. The number of carbonyl (C=O) groups is 2. The predicted molar refractivity (Wildman–Crippen MR) is 199 cm³/mol. The highest BCUT2D eigenvalue weighted by Gasteiger charge is 2.66. The lowest BCUT2D eigenvalue weighted by Gasteiger charge is -2.66. The third-order valence-corrected chi connectivity index (χ3v) is 13.4. The molecule has 6 atom stereocenters. The van der Waals surface area contributed by atoms with E-state index in [4.69, 9.17) is 28.3 Å². The van der Waals surface area contributed by atoms with Crippen LogP contribution >= 0.6 is 0 Å². The summed E-state index contributed by atoms with van der Waals surface area (Å²) in [5.74, 6) is 0.511. The molecule has 0 aromatic rings. The predicted octanol–water partition coefficient (Wildman–Crippen LogP) is 7.44. The summed E-state index contributed by atoms with van der Waals surface area (Å²) in [5.41, 5.74) is -0.0860. The summed E-state index contributed by atoms with van der Waals surface area (Å²) in [5, 5.41) is 9.98. The quantitative estimate of drug-likeness (QED) is 0.0939. The maximum atomic E-state index is 14.5. The zero-order valence-corrected chi connectivity index (χ0v) is 33.2. The van der Waals surface area contributed by atoms with E-state index < -0.39 is 10.8 Å². The maximum absolute atomic E-state index is 14.5. The monoisotopic (exact) mass is 711 g/mol. The van der Waals surface area contributed by atoms with Crippen molar-refractivity contribution in [2.24, 2.45) is 44.8 Å². The van der Waals surface area contributed by atoms with Gasteiger partial charge in [0.2, 0.25) is 0 Å². The molecule has 4 rings (SSSR count). The molecule has 0 aliphatic heterocycles. The van der Waals surface area contributed by atoms with E-state index in [1.54, 1.807) is 14.2 Å². The van der Waals surface area contributed by atoms with Gasteiger partial charge in [0.25, 0.3) is 0 Å². The Bertz CT molecular complexity index is 1300. The maximum Gasteiger partial charge on any atom is 0.457 e. The summed E-state index contributed by atoms with van der Waals surface area (Å²) < 4.78 is 33.5. The highest BCUT2D eigenvalue weighted by molar-refractivity contribution is 6.44. The molecule has 0 heterocycles. The molecular weight excluding hydrogens is 645 g/mol. The van der Waals surface area contributed by atoms with Gasteiger partial charge in [-0.05, 0) is 79.0 Å². The van der Waals surface area contributed by atoms with Crippen LogP contribution in [-0.4, -0.2) is 85.8 Å². The second kappa shape index (κ2) is 17.5. The van der Waals surface area contributed by atoms with Crippen molar-refractivity contribution >= 4 is 18.7 Å². The number of methoxy groups -OCH3 is 2. The minimum atomic E-state index is -0.651. The fraction of sp³-hybridized carbons (Fsp3) is 0.829. The molecule has 286 valence electrons. The van der Waals surface area contributed by atoms with Crippen molar-refractivity contribution in [3.63, 3.8) is 0 Å². The number of hydrogen-bond acceptors (Lipinski definition) is 9. The Morgan fingerprint density at radius 2 is 1.49 bits per heavy atom. The summed E-state index contributed by atoms with van der Waals surface area (Å²) in [4.78, 5) is 27.8. The smallest absolute Gasteiger partial charge is 0.409 e. The van der Waals surface area contributed by atoms with E-state index in [0.717, 1.165) is 63.3 Å². The van der Waals surface area contributed by atoms with Crippen LogP contribution in [0, 0.1) is 56.2 Å². The Morgan fingerprint density at radius 3 is 2.08 bits per heavy atom. The number of nitriles is 1. The molecule has 0 aromatic carbocycles. The number of ketones is 2. The first-order valence-corrected chi connectivity index (χ1v) is 19.4. The number of carbonyl (C=O) groups excluding carboxylic acids is 2. The summed E-state index contributed by atoms with van der Waals surface area (Å²) in [6.45, 7) is 19.7. The second-order valence-electron chi connectivity index (χ2n) is 17.6. The van der Waals surface area contributed by atoms with Crippen LogP contribution in [0.2, 0.25) is 6.32 Å². The van der Waals surface area contributed by atoms with Crippen molar-refractivity contribution in [3.05, 3.63) is 23.3 Å². The van der Waals surface area contributed by atoms with Crippen LogP contribution in [0.5, 0.6) is 0 Å². The van der Waals surface area contributed by atoms with Crippen LogP contribution in [0.4, 0.5) is 0 Å². The highest BCUT2D eigenvalue weighted by atomic mass is 16.6. The molecule has 4 aliphatic rings. The molecule has 0 saturated heterocycles. The highest BCUT2D eigenvalue weighted by Crippen LogP contribution is 2.71. The topological polar surface area (TPSA) is 113 Å². The molecule has 0 unspecified atom stereocenters. The summed E-state index contributed by atoms with van der Waals surface area (Å²) in [6.07, 6.45) is 12.7. The number of fused-ring (bicyclic) bond motifs is 5. The van der Waals surface area contributed by atoms with Crippen LogP contribution in [0.25, 0.3) is 0 Å². The van der Waals surface area contributed by atoms with Gasteiger partial charge in [-0.3, -0.25) is 9.59 Å². The van der Waals surface area contributed by atoms with E-state index in [1.165, 1.54) is 0 Å². The average molecular weight is 712 g/mol. The van der Waals surface area contributed by atoms with Gasteiger partial charge in [0.05, 0.1) is 58.4 Å². The van der Waals surface area contributed by atoms with Crippen molar-refractivity contribution in [1.29, 1.82) is 5.26 Å². The van der Waals surface area contributed by atoms with Crippen LogP contribution in [0.3, 0.4) is 0 Å². The standard InChI is InChI=1S/C41H66BNO8/c1-37(2,14-11-17-42(50-24-22-48-20-18-46-8)51-25-23-49-21-19-47-9)27-30-12-10-15-41(7)35(30)32(44)26-34-39(5)28-31(29-43)36(45)38(3,4)33(39)13-16-40(34,41)6/h26,28,30,33,35H,10-25,27H2,1-9H3/t30-,33-,35-,39-,40+,41+/m0/s1. The minimum Gasteiger partial charge on any atom is -0.409 e. The Kier molecular flexibility index (Phi) is 14.4. The van der Waals surface area contributed by atoms with E-state index in [9.17, 15) is 14.9 Å². The minimum absolute atomic E-state index is 0.0345. The molecule has 0 bridgehead atoms. The lowest BCUT2D eigenvalue weighted by atomic mass is 9.37. The fourth-order valence-corrected chi connectivity index (χ4v) is 10.7. The van der Waals surface area contributed by atoms with E-state index in [0.29, 0.717) is 58.8 Å². The van der Waals surface area contributed by atoms with E-state index >= 15 is 0 Å². The number of ether oxygens (including phenoxy) is 4. The van der Waals surface area contributed by atoms with Crippen LogP contribution in [0.1, 0.15) is 99.8 Å². The Morgan fingerprint density at radius 1 is 0.882 bits per heavy atom. The second-order valence-corrected chi connectivity index (χ2v) is 17.6. The lowest BCUT2D eigenvalue weighted by molar-refractivity contribution is -0.146. The molecule has 0 amide bonds. The SMILES string of the molecule is COCCOCCOB(CCCC(C)(C)C[C@@H]1CCC[C@]2(C)[C@@H]1C(=O)C=C1[C@@]3(C)C=C(C#N)C(=O)C(C)(C)[C@@H]3CC[C@]12C)OCCOCCOC. The van der Waals surface area contributed by atoms with Crippen molar-refractivity contribution in [3.8, 4) is 6.07 Å². The van der Waals surface area contributed by atoms with Gasteiger partial charge >= 0.3 is 7.12 Å². The van der Waals surface area contributed by atoms with Crippen molar-refractivity contribution in [1.82, 2.24) is 0 Å². The van der Waals surface area contributed by atoms with Gasteiger partial charge in [-0.15, -0.1) is 0 Å². The van der Waals surface area contributed by atoms with Crippen LogP contribution in [-0.2, 0) is 37.8 Å². The molecule has 2 saturated carbocycles. The molecule has 0 N–H and O–H groups in total. The first-order valence-electron chi connectivity index (χ1n) is 19.4. The number of Topliss-reactive ketones (excluding diaryl/α,β-unsaturated/α-hetero) is 1. The normalized spacial score (nSPS) is 31.6. The summed E-state index contributed by atoms with van der Waals surface area (Å²) in [6, 6.07) is 2.21. The van der Waals surface area contributed by atoms with Gasteiger partial charge in [-0.1, -0.05) is 73.0 Å². The molecule has 9 nitrogen and oxygen atoms in total. The summed E-state index contributed by atoms with van der Waals surface area (Å²) in [7, 11) is 2.97. The zero-order chi connectivity index (χ0) is 37.5. The zero-order valence-electron chi connectivity index (χ0n) is 33.2. The van der Waals surface area contributed by atoms with E-state index in [-0.39, 0.29) is 52.3 Å². The molecule has 0 aromatic heterocycles. The molecule has 4 aliphatic carbocycles. The Labute approximate surface area is 308 Å². The first kappa shape index (κ1) is 41.9. The van der Waals surface area contributed by atoms with Gasteiger partial charge in [-0.25, -0.2) is 0 Å². The van der Waals surface area contributed by atoms with Gasteiger partial charge in [0, 0.05) is 31.0 Å². The number of nitrogens with zero attached hydrogens (tertiary/aromatic N) is 1. The van der Waals surface area contributed by atoms with Gasteiger partial charge in [0.15, 0.2) is 11.6 Å². The van der Waals surface area contributed by atoms with Crippen molar-refractivity contribution in [2.45, 2.75) is 106 Å². The third kappa shape index (κ3) is 8.93. The molecule has 10 heteroatoms. The van der Waals surface area contributed by atoms with Gasteiger partial charge in [-0.2, -0.15) is 5.26 Å². The Balaban J connectivity index is 1.44. The molecule has 2 fully saturated rings. The molecular formula is C41H66BNO8. The van der Waals surface area contributed by atoms with Gasteiger partial charge in [0.1, 0.15) is 6.07 Å². The summed E-state index contributed by atoms with van der Waals surface area (Å²) >= 11 is 0. The van der Waals surface area contributed by atoms with Crippen LogP contribution in [0.15, 0.2) is 23.3 Å². The van der Waals surface area contributed by atoms with Crippen molar-refractivity contribution in [2.75, 3.05) is 67.1 Å². The first-order chi connectivity index (χ1) is 24.1. The molecule has 51 heavy (non-hydrogen) atoms. The molecule has 0 spiro atoms.